The largest absolute Gasteiger partial charge is 0.473 e. The molecule has 2 aromatic carbocycles. The molecule has 0 saturated carbocycles. The smallest absolute Gasteiger partial charge is 0.289 e. The number of nitrogens with zero attached hydrogens (tertiary/aromatic N) is 5. The number of carbonyl (C=O) groups excluding carboxylic acids is 2. The monoisotopic (exact) mass is 731 g/mol. The third kappa shape index (κ3) is 11.3. The Kier molecular flexibility index (Phi) is 15.0. The number of pyridine rings is 1. The van der Waals surface area contributed by atoms with Gasteiger partial charge in [0.05, 0.1) is 75.5 Å². The predicted molar refractivity (Wildman–Crippen MR) is 193 cm³/mol. The number of amides is 2. The predicted octanol–water partition coefficient (Wildman–Crippen LogP) is 3.33. The summed E-state index contributed by atoms with van der Waals surface area (Å²) in [6.45, 7) is 5.48. The standard InChI is InChI=1S/C38H46FN7O7/c1-45-34-24-29(37(47)42-12-16-50-18-20-52-22-21-51-19-17-49-15-11-40)7-8-33(34)44-36(45)38(48)46-13-9-28(10-14-46)32-3-2-4-35(43-32)53-26-30-6-5-27(25-41)23-31(30)39/h2-8,23-24,28H,9-22,26,40H2,1H3,(H,42,47). The first-order chi connectivity index (χ1) is 25.9. The van der Waals surface area contributed by atoms with Crippen LogP contribution in [0.2, 0.25) is 0 Å². The van der Waals surface area contributed by atoms with Crippen molar-refractivity contribution in [2.45, 2.75) is 25.4 Å². The number of rotatable bonds is 20. The lowest BCUT2D eigenvalue weighted by Crippen LogP contribution is -2.39. The number of ether oxygens (including phenoxy) is 5. The normalized spacial score (nSPS) is 13.3. The lowest BCUT2D eigenvalue weighted by atomic mass is 9.93. The Balaban J connectivity index is 1.03. The van der Waals surface area contributed by atoms with Crippen LogP contribution in [-0.2, 0) is 32.6 Å². The number of benzene rings is 2. The lowest BCUT2D eigenvalue weighted by Gasteiger charge is -2.31. The maximum atomic E-state index is 14.3. The molecule has 14 nitrogen and oxygen atoms in total. The van der Waals surface area contributed by atoms with Gasteiger partial charge in [-0.2, -0.15) is 5.26 Å². The highest BCUT2D eigenvalue weighted by molar-refractivity contribution is 5.99. The minimum Gasteiger partial charge on any atom is -0.473 e. The van der Waals surface area contributed by atoms with Crippen LogP contribution in [0.25, 0.3) is 11.0 Å². The molecule has 53 heavy (non-hydrogen) atoms. The maximum absolute atomic E-state index is 14.3. The number of piperidine rings is 1. The van der Waals surface area contributed by atoms with Crippen molar-refractivity contribution in [1.29, 1.82) is 5.26 Å². The molecule has 2 amide bonds. The van der Waals surface area contributed by atoms with Gasteiger partial charge in [-0.15, -0.1) is 0 Å². The first kappa shape index (κ1) is 39.2. The highest BCUT2D eigenvalue weighted by atomic mass is 19.1. The van der Waals surface area contributed by atoms with E-state index >= 15 is 0 Å². The van der Waals surface area contributed by atoms with Crippen LogP contribution in [0.5, 0.6) is 5.88 Å². The van der Waals surface area contributed by atoms with Crippen LogP contribution in [0, 0.1) is 17.1 Å². The van der Waals surface area contributed by atoms with Crippen molar-refractivity contribution in [3.05, 3.63) is 88.6 Å². The summed E-state index contributed by atoms with van der Waals surface area (Å²) in [5.74, 6) is -0.120. The van der Waals surface area contributed by atoms with Crippen LogP contribution in [-0.4, -0.2) is 110 Å². The second kappa shape index (κ2) is 20.3. The molecule has 4 aromatic rings. The zero-order chi connectivity index (χ0) is 37.4. The van der Waals surface area contributed by atoms with E-state index < -0.39 is 5.82 Å². The van der Waals surface area contributed by atoms with E-state index in [4.69, 9.17) is 34.7 Å². The molecule has 15 heteroatoms. The first-order valence-electron chi connectivity index (χ1n) is 17.7. The molecule has 1 fully saturated rings. The van der Waals surface area contributed by atoms with Crippen LogP contribution in [0.4, 0.5) is 4.39 Å². The quantitative estimate of drug-likeness (QED) is 0.128. The van der Waals surface area contributed by atoms with Gasteiger partial charge in [-0.05, 0) is 49.2 Å². The molecule has 0 radical (unpaired) electrons. The number of hydrogen-bond acceptors (Lipinski definition) is 11. The van der Waals surface area contributed by atoms with Crippen LogP contribution in [0.1, 0.15) is 56.6 Å². The molecule has 0 aliphatic carbocycles. The highest BCUT2D eigenvalue weighted by Crippen LogP contribution is 2.29. The SMILES string of the molecule is Cn1c(C(=O)N2CCC(c3cccc(OCc4ccc(C#N)cc4F)n3)CC2)nc2ccc(C(=O)NCCOCCOCCOCCOCCN)cc21. The summed E-state index contributed by atoms with van der Waals surface area (Å²) in [6.07, 6.45) is 1.41. The number of aromatic nitrogens is 3. The Labute approximate surface area is 307 Å². The van der Waals surface area contributed by atoms with Gasteiger partial charge in [0.15, 0.2) is 5.82 Å². The number of likely N-dealkylation sites (tertiary alicyclic amines) is 1. The van der Waals surface area contributed by atoms with Crippen molar-refractivity contribution in [2.24, 2.45) is 12.8 Å². The maximum Gasteiger partial charge on any atom is 0.289 e. The molecule has 2 aromatic heterocycles. The second-order valence-electron chi connectivity index (χ2n) is 12.4. The Bertz CT molecular complexity index is 1860. The van der Waals surface area contributed by atoms with E-state index in [1.54, 1.807) is 46.8 Å². The minimum absolute atomic E-state index is 0.0115. The number of halogens is 1. The Morgan fingerprint density at radius 3 is 2.30 bits per heavy atom. The van der Waals surface area contributed by atoms with Crippen LogP contribution < -0.4 is 15.8 Å². The minimum atomic E-state index is -0.501. The zero-order valence-corrected chi connectivity index (χ0v) is 29.9. The van der Waals surface area contributed by atoms with Gasteiger partial charge >= 0.3 is 0 Å². The van der Waals surface area contributed by atoms with Gasteiger partial charge in [-0.1, -0.05) is 12.1 Å². The van der Waals surface area contributed by atoms with E-state index in [1.165, 1.54) is 12.1 Å². The Morgan fingerprint density at radius 1 is 0.925 bits per heavy atom. The van der Waals surface area contributed by atoms with Crippen LogP contribution in [0.3, 0.4) is 0 Å². The van der Waals surface area contributed by atoms with Crippen molar-refractivity contribution in [3.8, 4) is 11.9 Å². The van der Waals surface area contributed by atoms with Gasteiger partial charge in [0.2, 0.25) is 5.88 Å². The average molecular weight is 732 g/mol. The molecule has 282 valence electrons. The average Bonchev–Trinajstić information content (AvgIpc) is 3.52. The topological polar surface area (TPSA) is 176 Å². The third-order valence-electron chi connectivity index (χ3n) is 8.75. The van der Waals surface area contributed by atoms with E-state index in [9.17, 15) is 14.0 Å². The van der Waals surface area contributed by atoms with Gasteiger partial charge < -0.3 is 44.2 Å². The van der Waals surface area contributed by atoms with Crippen LogP contribution >= 0.6 is 0 Å². The fourth-order valence-electron chi connectivity index (χ4n) is 5.85. The molecule has 0 atom stereocenters. The number of nitriles is 1. The zero-order valence-electron chi connectivity index (χ0n) is 29.9. The van der Waals surface area contributed by atoms with Crippen molar-refractivity contribution < 1.29 is 37.7 Å². The van der Waals surface area contributed by atoms with Crippen molar-refractivity contribution >= 4 is 22.8 Å². The summed E-state index contributed by atoms with van der Waals surface area (Å²) >= 11 is 0. The molecule has 0 spiro atoms. The molecule has 0 bridgehead atoms. The number of carbonyl (C=O) groups is 2. The Hall–Kier alpha value is -4.98. The molecule has 5 rings (SSSR count). The number of fused-ring (bicyclic) bond motifs is 1. The summed E-state index contributed by atoms with van der Waals surface area (Å²) in [4.78, 5) is 37.5. The molecule has 0 unspecified atom stereocenters. The summed E-state index contributed by atoms with van der Waals surface area (Å²) in [5, 5.41) is 11.8. The molecule has 3 N–H and O–H groups in total. The second-order valence-corrected chi connectivity index (χ2v) is 12.4. The molecular formula is C38H46FN7O7. The van der Waals surface area contributed by atoms with Crippen molar-refractivity contribution in [1.82, 2.24) is 24.8 Å². The lowest BCUT2D eigenvalue weighted by molar-refractivity contribution is -0.000579. The third-order valence-corrected chi connectivity index (χ3v) is 8.75. The number of aryl methyl sites for hydroxylation is 1. The van der Waals surface area contributed by atoms with Crippen molar-refractivity contribution in [3.63, 3.8) is 0 Å². The molecule has 1 aliphatic heterocycles. The number of nitrogens with two attached hydrogens (primary N) is 1. The van der Waals surface area contributed by atoms with Crippen molar-refractivity contribution in [2.75, 3.05) is 79.0 Å². The van der Waals surface area contributed by atoms with Gasteiger partial charge in [-0.3, -0.25) is 9.59 Å². The number of hydrogen-bond donors (Lipinski definition) is 2. The van der Waals surface area contributed by atoms with Crippen LogP contribution in [0.15, 0.2) is 54.6 Å². The van der Waals surface area contributed by atoms with E-state index in [0.717, 1.165) is 5.69 Å². The van der Waals surface area contributed by atoms with E-state index in [2.05, 4.69) is 15.3 Å². The van der Waals surface area contributed by atoms with Gasteiger partial charge in [-0.25, -0.2) is 14.4 Å². The first-order valence-corrected chi connectivity index (χ1v) is 17.7. The summed E-state index contributed by atoms with van der Waals surface area (Å²) < 4.78 is 43.4. The van der Waals surface area contributed by atoms with E-state index in [-0.39, 0.29) is 29.9 Å². The fourth-order valence-corrected chi connectivity index (χ4v) is 5.85. The molecular weight excluding hydrogens is 685 g/mol. The number of nitrogens with one attached hydrogen (secondary N) is 1. The van der Waals surface area contributed by atoms with Gasteiger partial charge in [0.1, 0.15) is 12.4 Å². The van der Waals surface area contributed by atoms with Gasteiger partial charge in [0, 0.05) is 62.0 Å². The highest BCUT2D eigenvalue weighted by Gasteiger charge is 2.28. The van der Waals surface area contributed by atoms with Gasteiger partial charge in [0.25, 0.3) is 11.8 Å². The molecule has 1 saturated heterocycles. The molecule has 3 heterocycles. The summed E-state index contributed by atoms with van der Waals surface area (Å²) in [5.41, 5.74) is 8.55. The Morgan fingerprint density at radius 2 is 1.62 bits per heavy atom. The molecule has 1 aliphatic rings. The summed E-state index contributed by atoms with van der Waals surface area (Å²) in [6, 6.07) is 16.9. The van der Waals surface area contributed by atoms with E-state index in [1.807, 2.05) is 18.2 Å². The summed E-state index contributed by atoms with van der Waals surface area (Å²) in [7, 11) is 1.77. The number of imidazole rings is 1. The van der Waals surface area contributed by atoms with E-state index in [0.29, 0.717) is 126 Å². The fraction of sp³-hybridized carbons (Fsp3) is 0.447.